The van der Waals surface area contributed by atoms with E-state index in [2.05, 4.69) is 26.0 Å². The van der Waals surface area contributed by atoms with E-state index in [1.807, 2.05) is 0 Å². The van der Waals surface area contributed by atoms with Gasteiger partial charge in [-0.1, -0.05) is 32.6 Å². The van der Waals surface area contributed by atoms with E-state index in [0.717, 1.165) is 4.47 Å². The first kappa shape index (κ1) is 14.3. The predicted octanol–water partition coefficient (Wildman–Crippen LogP) is 3.20. The first-order valence-corrected chi connectivity index (χ1v) is 6.04. The molecule has 0 amide bonds. The molecule has 0 heterocycles. The lowest BCUT2D eigenvalue weighted by Gasteiger charge is -2.17. The maximum atomic E-state index is 9.87. The number of hydrogen-bond donors (Lipinski definition) is 2. The van der Waals surface area contributed by atoms with Crippen molar-refractivity contribution in [3.63, 3.8) is 0 Å². The van der Waals surface area contributed by atoms with E-state index in [4.69, 9.17) is 17.1 Å². The molecule has 5 nitrogen and oxygen atoms in total. The molecule has 17 heavy (non-hydrogen) atoms. The summed E-state index contributed by atoms with van der Waals surface area (Å²) in [5.41, 5.74) is 8.61. The van der Waals surface area contributed by atoms with Crippen LogP contribution in [0.2, 0.25) is 5.02 Å². The molecule has 1 aromatic carbocycles. The van der Waals surface area contributed by atoms with Crippen LogP contribution in [0.25, 0.3) is 10.4 Å². The first-order valence-electron chi connectivity index (χ1n) is 4.87. The zero-order valence-electron chi connectivity index (χ0n) is 8.79. The summed E-state index contributed by atoms with van der Waals surface area (Å²) in [7, 11) is 0. The van der Waals surface area contributed by atoms with E-state index in [0.29, 0.717) is 10.6 Å². The summed E-state index contributed by atoms with van der Waals surface area (Å²) >= 11 is 9.09. The molecule has 0 spiro atoms. The largest absolute Gasteiger partial charge is 0.390 e. The number of halogens is 2. The molecular weight excluding hydrogens is 309 g/mol. The molecule has 0 aromatic heterocycles. The number of rotatable bonds is 5. The highest BCUT2D eigenvalue weighted by Gasteiger charge is 2.18. The van der Waals surface area contributed by atoms with Crippen LogP contribution in [0.5, 0.6) is 0 Å². The Morgan fingerprint density at radius 1 is 1.41 bits per heavy atom. The van der Waals surface area contributed by atoms with Gasteiger partial charge in [0.05, 0.1) is 6.10 Å². The van der Waals surface area contributed by atoms with Gasteiger partial charge in [0.25, 0.3) is 0 Å². The maximum absolute atomic E-state index is 9.87. The Morgan fingerprint density at radius 2 is 2.12 bits per heavy atom. The molecule has 92 valence electrons. The molecule has 0 saturated heterocycles. The Balaban J connectivity index is 2.73. The summed E-state index contributed by atoms with van der Waals surface area (Å²) in [6.07, 6.45) is -1.86. The van der Waals surface area contributed by atoms with Crippen molar-refractivity contribution in [2.75, 3.05) is 6.54 Å². The van der Waals surface area contributed by atoms with Crippen LogP contribution in [0.15, 0.2) is 27.8 Å². The minimum absolute atomic E-state index is 0.135. The minimum Gasteiger partial charge on any atom is -0.390 e. The number of benzene rings is 1. The molecule has 0 bridgehead atoms. The van der Waals surface area contributed by atoms with Crippen molar-refractivity contribution in [1.82, 2.24) is 0 Å². The summed E-state index contributed by atoms with van der Waals surface area (Å²) in [6.45, 7) is 0.135. The SMILES string of the molecule is [N-]=[N+]=NCCC(O)C(O)c1cc(Cl)cc(Br)c1. The van der Waals surface area contributed by atoms with Gasteiger partial charge in [0.1, 0.15) is 6.10 Å². The van der Waals surface area contributed by atoms with Gasteiger partial charge in [-0.15, -0.1) is 0 Å². The zero-order chi connectivity index (χ0) is 12.8. The lowest BCUT2D eigenvalue weighted by atomic mass is 10.0. The number of aliphatic hydroxyl groups excluding tert-OH is 2. The fourth-order valence-electron chi connectivity index (χ4n) is 1.36. The van der Waals surface area contributed by atoms with E-state index < -0.39 is 12.2 Å². The van der Waals surface area contributed by atoms with Crippen LogP contribution in [-0.2, 0) is 0 Å². The van der Waals surface area contributed by atoms with Crippen molar-refractivity contribution in [3.8, 4) is 0 Å². The topological polar surface area (TPSA) is 89.2 Å². The minimum atomic E-state index is -1.06. The maximum Gasteiger partial charge on any atom is 0.105 e. The molecule has 0 radical (unpaired) electrons. The van der Waals surface area contributed by atoms with E-state index in [-0.39, 0.29) is 13.0 Å². The smallest absolute Gasteiger partial charge is 0.105 e. The van der Waals surface area contributed by atoms with E-state index in [9.17, 15) is 10.2 Å². The lowest BCUT2D eigenvalue weighted by Crippen LogP contribution is -2.19. The normalized spacial score (nSPS) is 13.9. The van der Waals surface area contributed by atoms with Crippen LogP contribution in [0, 0.1) is 0 Å². The van der Waals surface area contributed by atoms with Crippen molar-refractivity contribution in [1.29, 1.82) is 0 Å². The van der Waals surface area contributed by atoms with Crippen LogP contribution < -0.4 is 0 Å². The summed E-state index contributed by atoms with van der Waals surface area (Å²) in [6, 6.07) is 4.94. The van der Waals surface area contributed by atoms with Crippen molar-refractivity contribution in [3.05, 3.63) is 43.7 Å². The average Bonchev–Trinajstić information content (AvgIpc) is 2.27. The fourth-order valence-corrected chi connectivity index (χ4v) is 2.25. The third-order valence-electron chi connectivity index (χ3n) is 2.18. The van der Waals surface area contributed by atoms with Gasteiger partial charge in [-0.05, 0) is 35.7 Å². The highest BCUT2D eigenvalue weighted by molar-refractivity contribution is 9.10. The molecule has 0 fully saturated rings. The standard InChI is InChI=1S/C10H11BrClN3O2/c11-7-3-6(4-8(12)5-7)10(17)9(16)1-2-14-15-13/h3-5,9-10,16-17H,1-2H2. The van der Waals surface area contributed by atoms with Crippen LogP contribution in [-0.4, -0.2) is 22.9 Å². The second-order valence-electron chi connectivity index (χ2n) is 3.46. The van der Waals surface area contributed by atoms with Crippen LogP contribution >= 0.6 is 27.5 Å². The number of aliphatic hydroxyl groups is 2. The Labute approximate surface area is 112 Å². The molecule has 1 aromatic rings. The molecular formula is C10H11BrClN3O2. The van der Waals surface area contributed by atoms with Gasteiger partial charge >= 0.3 is 0 Å². The zero-order valence-corrected chi connectivity index (χ0v) is 11.1. The number of nitrogens with zero attached hydrogens (tertiary/aromatic N) is 3. The van der Waals surface area contributed by atoms with Crippen LogP contribution in [0.3, 0.4) is 0 Å². The van der Waals surface area contributed by atoms with E-state index >= 15 is 0 Å². The van der Waals surface area contributed by atoms with Gasteiger partial charge in [0.15, 0.2) is 0 Å². The van der Waals surface area contributed by atoms with E-state index in [1.54, 1.807) is 18.2 Å². The molecule has 0 aliphatic rings. The van der Waals surface area contributed by atoms with Gasteiger partial charge < -0.3 is 10.2 Å². The second kappa shape index (κ2) is 6.83. The number of hydrogen-bond acceptors (Lipinski definition) is 3. The van der Waals surface area contributed by atoms with Gasteiger partial charge in [-0.25, -0.2) is 0 Å². The van der Waals surface area contributed by atoms with Gasteiger partial charge in [0, 0.05) is 21.0 Å². The van der Waals surface area contributed by atoms with Gasteiger partial charge in [-0.2, -0.15) is 0 Å². The summed E-state index contributed by atoms with van der Waals surface area (Å²) in [5, 5.41) is 23.3. The van der Waals surface area contributed by atoms with Crippen LogP contribution in [0.1, 0.15) is 18.1 Å². The Hall–Kier alpha value is -0.780. The molecule has 2 unspecified atom stereocenters. The third-order valence-corrected chi connectivity index (χ3v) is 2.86. The van der Waals surface area contributed by atoms with E-state index in [1.165, 1.54) is 0 Å². The highest BCUT2D eigenvalue weighted by atomic mass is 79.9. The van der Waals surface area contributed by atoms with Crippen LogP contribution in [0.4, 0.5) is 0 Å². The summed E-state index contributed by atoms with van der Waals surface area (Å²) < 4.78 is 0.723. The molecule has 0 aliphatic heterocycles. The van der Waals surface area contributed by atoms with Crippen molar-refractivity contribution >= 4 is 27.5 Å². The molecule has 1 rings (SSSR count). The summed E-state index contributed by atoms with van der Waals surface area (Å²) in [4.78, 5) is 2.57. The first-order chi connectivity index (χ1) is 8.04. The molecule has 7 heteroatoms. The average molecular weight is 321 g/mol. The second-order valence-corrected chi connectivity index (χ2v) is 4.81. The molecule has 2 atom stereocenters. The number of azide groups is 1. The predicted molar refractivity (Wildman–Crippen MR) is 68.7 cm³/mol. The van der Waals surface area contributed by atoms with Crippen molar-refractivity contribution in [2.24, 2.45) is 5.11 Å². The Kier molecular flexibility index (Phi) is 5.74. The van der Waals surface area contributed by atoms with Gasteiger partial charge in [-0.3, -0.25) is 0 Å². The highest BCUT2D eigenvalue weighted by Crippen LogP contribution is 2.26. The molecule has 2 N–H and O–H groups in total. The van der Waals surface area contributed by atoms with Gasteiger partial charge in [0.2, 0.25) is 0 Å². The van der Waals surface area contributed by atoms with Crippen molar-refractivity contribution in [2.45, 2.75) is 18.6 Å². The monoisotopic (exact) mass is 319 g/mol. The molecule has 0 saturated carbocycles. The van der Waals surface area contributed by atoms with Crippen molar-refractivity contribution < 1.29 is 10.2 Å². The Bertz CT molecular complexity index is 417. The quantitative estimate of drug-likeness (QED) is 0.495. The summed E-state index contributed by atoms with van der Waals surface area (Å²) in [5.74, 6) is 0. The third kappa shape index (κ3) is 4.53. The Morgan fingerprint density at radius 3 is 2.71 bits per heavy atom. The molecule has 0 aliphatic carbocycles. The fraction of sp³-hybridized carbons (Fsp3) is 0.400. The lowest BCUT2D eigenvalue weighted by molar-refractivity contribution is 0.0150.